The third kappa shape index (κ3) is 5.98. The number of oxazole rings is 1. The number of benzene rings is 10. The van der Waals surface area contributed by atoms with Gasteiger partial charge in [-0.25, -0.2) is 4.98 Å². The highest BCUT2D eigenvalue weighted by Gasteiger charge is 2.22. The SMILES string of the molecule is c1ccc(-c2nc3ccc4ccc5ccc(N(c6ccccc6)c6cc(N(c7ccccc7)c7ccccc7)cc(-n7c8ccccc8c8ccccc87)c6)cc5c4c3o2)cc1. The van der Waals surface area contributed by atoms with Crippen LogP contribution in [0.1, 0.15) is 0 Å². The van der Waals surface area contributed by atoms with Crippen molar-refractivity contribution in [2.45, 2.75) is 0 Å². The average molecular weight is 795 g/mol. The van der Waals surface area contributed by atoms with E-state index in [1.807, 2.05) is 30.3 Å². The molecule has 62 heavy (non-hydrogen) atoms. The van der Waals surface area contributed by atoms with Gasteiger partial charge in [-0.15, -0.1) is 0 Å². The Bertz CT molecular complexity index is 3490. The summed E-state index contributed by atoms with van der Waals surface area (Å²) < 4.78 is 9.08. The quantitative estimate of drug-likeness (QED) is 0.144. The molecule has 0 amide bonds. The van der Waals surface area contributed by atoms with Gasteiger partial charge in [0.2, 0.25) is 5.89 Å². The van der Waals surface area contributed by atoms with Crippen LogP contribution < -0.4 is 9.80 Å². The molecule has 292 valence electrons. The molecule has 0 saturated heterocycles. The first kappa shape index (κ1) is 35.5. The monoisotopic (exact) mass is 794 g/mol. The smallest absolute Gasteiger partial charge is 0.227 e. The first-order valence-electron chi connectivity index (χ1n) is 21.0. The molecule has 0 bridgehead atoms. The molecule has 0 N–H and O–H groups in total. The molecule has 0 spiro atoms. The van der Waals surface area contributed by atoms with E-state index >= 15 is 0 Å². The predicted molar refractivity (Wildman–Crippen MR) is 258 cm³/mol. The lowest BCUT2D eigenvalue weighted by atomic mass is 10.00. The van der Waals surface area contributed by atoms with Crippen molar-refractivity contribution >= 4 is 88.6 Å². The van der Waals surface area contributed by atoms with Crippen LogP contribution in [0.15, 0.2) is 235 Å². The summed E-state index contributed by atoms with van der Waals surface area (Å²) in [6, 6.07) is 81.8. The van der Waals surface area contributed by atoms with E-state index in [0.29, 0.717) is 5.89 Å². The standard InChI is InChI=1S/C57H38N4O/c1-5-17-41(18-6-1)57-58-52-34-32-40-30-29-39-31-33-45(38-51(39)55(40)56(52)62-57)60(44-23-11-4-12-24-44)47-35-46(59(42-19-7-2-8-20-42)43-21-9-3-10-22-43)36-48(37-47)61-53-27-15-13-25-49(53)50-26-14-16-28-54(50)61/h1-38H. The minimum absolute atomic E-state index is 0.614. The number of hydrogen-bond donors (Lipinski definition) is 0. The maximum atomic E-state index is 6.67. The normalized spacial score (nSPS) is 11.5. The summed E-state index contributed by atoms with van der Waals surface area (Å²) >= 11 is 0. The van der Waals surface area contributed by atoms with Gasteiger partial charge in [-0.2, -0.15) is 0 Å². The molecule has 0 aliphatic heterocycles. The fourth-order valence-corrected chi connectivity index (χ4v) is 9.15. The van der Waals surface area contributed by atoms with Crippen molar-refractivity contribution in [2.75, 3.05) is 9.80 Å². The summed E-state index contributed by atoms with van der Waals surface area (Å²) in [6.45, 7) is 0. The third-order valence-electron chi connectivity index (χ3n) is 11.9. The molecule has 0 saturated carbocycles. The Balaban J connectivity index is 1.14. The zero-order valence-corrected chi connectivity index (χ0v) is 33.6. The lowest BCUT2D eigenvalue weighted by Crippen LogP contribution is -2.14. The van der Waals surface area contributed by atoms with E-state index in [0.717, 1.165) is 89.1 Å². The van der Waals surface area contributed by atoms with E-state index < -0.39 is 0 Å². The molecule has 0 radical (unpaired) electrons. The first-order chi connectivity index (χ1) is 30.7. The lowest BCUT2D eigenvalue weighted by molar-refractivity contribution is 0.623. The van der Waals surface area contributed by atoms with Crippen LogP contribution in [-0.4, -0.2) is 9.55 Å². The second kappa shape index (κ2) is 14.7. The van der Waals surface area contributed by atoms with Crippen LogP contribution in [0.5, 0.6) is 0 Å². The molecule has 0 aliphatic rings. The second-order valence-corrected chi connectivity index (χ2v) is 15.6. The third-order valence-corrected chi connectivity index (χ3v) is 11.9. The number of rotatable bonds is 8. The fraction of sp³-hybridized carbons (Fsp3) is 0. The summed E-state index contributed by atoms with van der Waals surface area (Å²) in [5.74, 6) is 0.614. The topological polar surface area (TPSA) is 37.4 Å². The number of anilines is 6. The van der Waals surface area contributed by atoms with Gasteiger partial charge in [0.15, 0.2) is 5.58 Å². The largest absolute Gasteiger partial charge is 0.435 e. The van der Waals surface area contributed by atoms with Crippen molar-refractivity contribution in [1.29, 1.82) is 0 Å². The Kier molecular flexibility index (Phi) is 8.42. The van der Waals surface area contributed by atoms with Gasteiger partial charge in [0.1, 0.15) is 5.52 Å². The first-order valence-corrected chi connectivity index (χ1v) is 21.0. The molecule has 0 aliphatic carbocycles. The van der Waals surface area contributed by atoms with Crippen LogP contribution in [0.3, 0.4) is 0 Å². The van der Waals surface area contributed by atoms with Gasteiger partial charge in [-0.3, -0.25) is 0 Å². The average Bonchev–Trinajstić information content (AvgIpc) is 3.93. The van der Waals surface area contributed by atoms with Crippen LogP contribution in [0.2, 0.25) is 0 Å². The molecule has 2 aromatic heterocycles. The minimum Gasteiger partial charge on any atom is -0.435 e. The lowest BCUT2D eigenvalue weighted by Gasteiger charge is -2.30. The van der Waals surface area contributed by atoms with Crippen LogP contribution in [0.25, 0.3) is 71.6 Å². The molecule has 12 aromatic rings. The van der Waals surface area contributed by atoms with E-state index in [9.17, 15) is 0 Å². The highest BCUT2D eigenvalue weighted by atomic mass is 16.3. The molecular formula is C57H38N4O. The van der Waals surface area contributed by atoms with E-state index in [1.54, 1.807) is 0 Å². The Hall–Kier alpha value is -8.41. The van der Waals surface area contributed by atoms with Crippen molar-refractivity contribution in [3.8, 4) is 17.1 Å². The fourth-order valence-electron chi connectivity index (χ4n) is 9.15. The van der Waals surface area contributed by atoms with Gasteiger partial charge in [0.05, 0.1) is 28.1 Å². The van der Waals surface area contributed by atoms with E-state index in [1.165, 1.54) is 10.8 Å². The van der Waals surface area contributed by atoms with Crippen LogP contribution in [-0.2, 0) is 0 Å². The summed E-state index contributed by atoms with van der Waals surface area (Å²) in [5, 5.41) is 6.79. The zero-order valence-electron chi connectivity index (χ0n) is 33.6. The van der Waals surface area contributed by atoms with Crippen LogP contribution in [0.4, 0.5) is 34.1 Å². The number of aromatic nitrogens is 2. The maximum absolute atomic E-state index is 6.67. The molecule has 12 rings (SSSR count). The van der Waals surface area contributed by atoms with Crippen molar-refractivity contribution in [3.05, 3.63) is 231 Å². The highest BCUT2D eigenvalue weighted by Crippen LogP contribution is 2.45. The summed E-state index contributed by atoms with van der Waals surface area (Å²) in [7, 11) is 0. The van der Waals surface area contributed by atoms with Gasteiger partial charge in [-0.05, 0) is 113 Å². The number of hydrogen-bond acceptors (Lipinski definition) is 4. The van der Waals surface area contributed by atoms with Crippen molar-refractivity contribution in [1.82, 2.24) is 9.55 Å². The molecule has 5 nitrogen and oxygen atoms in total. The summed E-state index contributed by atoms with van der Waals surface area (Å²) in [6.07, 6.45) is 0. The van der Waals surface area contributed by atoms with Crippen molar-refractivity contribution in [2.24, 2.45) is 0 Å². The van der Waals surface area contributed by atoms with E-state index in [-0.39, 0.29) is 0 Å². The summed E-state index contributed by atoms with van der Waals surface area (Å²) in [4.78, 5) is 9.69. The zero-order chi connectivity index (χ0) is 41.0. The Morgan fingerprint density at radius 3 is 1.45 bits per heavy atom. The number of para-hydroxylation sites is 5. The van der Waals surface area contributed by atoms with E-state index in [2.05, 4.69) is 215 Å². The minimum atomic E-state index is 0.614. The van der Waals surface area contributed by atoms with Gasteiger partial charge in [-0.1, -0.05) is 133 Å². The number of fused-ring (bicyclic) bond motifs is 8. The van der Waals surface area contributed by atoms with E-state index in [4.69, 9.17) is 9.40 Å². The van der Waals surface area contributed by atoms with Gasteiger partial charge >= 0.3 is 0 Å². The molecule has 5 heteroatoms. The second-order valence-electron chi connectivity index (χ2n) is 15.6. The molecule has 0 fully saturated rings. The molecule has 0 atom stereocenters. The van der Waals surface area contributed by atoms with Gasteiger partial charge in [0.25, 0.3) is 0 Å². The predicted octanol–water partition coefficient (Wildman–Crippen LogP) is 15.8. The van der Waals surface area contributed by atoms with Crippen LogP contribution in [0, 0.1) is 0 Å². The van der Waals surface area contributed by atoms with Gasteiger partial charge in [0, 0.05) is 44.5 Å². The Morgan fingerprint density at radius 1 is 0.371 bits per heavy atom. The van der Waals surface area contributed by atoms with Crippen molar-refractivity contribution < 1.29 is 4.42 Å². The molecule has 2 heterocycles. The highest BCUT2D eigenvalue weighted by molar-refractivity contribution is 6.19. The molecular weight excluding hydrogens is 757 g/mol. The molecule has 0 unspecified atom stereocenters. The maximum Gasteiger partial charge on any atom is 0.227 e. The summed E-state index contributed by atoms with van der Waals surface area (Å²) in [5.41, 5.74) is 12.2. The Labute approximate surface area is 358 Å². The number of nitrogens with zero attached hydrogens (tertiary/aromatic N) is 4. The van der Waals surface area contributed by atoms with Crippen LogP contribution >= 0.6 is 0 Å². The Morgan fingerprint density at radius 2 is 0.855 bits per heavy atom. The molecule has 10 aromatic carbocycles. The van der Waals surface area contributed by atoms with Gasteiger partial charge < -0.3 is 18.8 Å². The van der Waals surface area contributed by atoms with Crippen molar-refractivity contribution in [3.63, 3.8) is 0 Å².